The van der Waals surface area contributed by atoms with Gasteiger partial charge < -0.3 is 15.5 Å². The molecule has 1 aliphatic carbocycles. The van der Waals surface area contributed by atoms with Crippen molar-refractivity contribution in [1.82, 2.24) is 15.5 Å². The summed E-state index contributed by atoms with van der Waals surface area (Å²) in [6, 6.07) is 3.09. The molecule has 2 N–H and O–H groups in total. The third-order valence-electron chi connectivity index (χ3n) is 5.44. The maximum Gasteiger partial charge on any atom is 0.220 e. The molecule has 0 unspecified atom stereocenters. The van der Waals surface area contributed by atoms with E-state index in [0.717, 1.165) is 43.8 Å². The second kappa shape index (κ2) is 14.6. The fourth-order valence-corrected chi connectivity index (χ4v) is 3.44. The van der Waals surface area contributed by atoms with Crippen LogP contribution < -0.4 is 10.6 Å². The molecule has 0 bridgehead atoms. The minimum absolute atomic E-state index is 0.111. The highest BCUT2D eigenvalue weighted by atomic mass is 19.1. The van der Waals surface area contributed by atoms with Gasteiger partial charge in [-0.15, -0.1) is 0 Å². The van der Waals surface area contributed by atoms with Crippen molar-refractivity contribution >= 4 is 11.5 Å². The Labute approximate surface area is 197 Å². The summed E-state index contributed by atoms with van der Waals surface area (Å²) in [4.78, 5) is 13.4. The Kier molecular flexibility index (Phi) is 11.8. The van der Waals surface area contributed by atoms with E-state index in [0.29, 0.717) is 5.57 Å². The molecule has 1 aromatic carbocycles. The van der Waals surface area contributed by atoms with Crippen LogP contribution >= 0.6 is 0 Å². The molecule has 0 saturated heterocycles. The van der Waals surface area contributed by atoms with Gasteiger partial charge in [-0.3, -0.25) is 4.79 Å². The normalized spacial score (nSPS) is 18.3. The van der Waals surface area contributed by atoms with Crippen molar-refractivity contribution in [2.75, 3.05) is 32.7 Å². The highest BCUT2D eigenvalue weighted by molar-refractivity contribution is 5.81. The summed E-state index contributed by atoms with van der Waals surface area (Å²) >= 11 is 0. The summed E-state index contributed by atoms with van der Waals surface area (Å²) < 4.78 is 27.3. The van der Waals surface area contributed by atoms with Gasteiger partial charge in [-0.25, -0.2) is 8.78 Å². The smallest absolute Gasteiger partial charge is 0.220 e. The number of halogens is 2. The van der Waals surface area contributed by atoms with Crippen LogP contribution in [0.2, 0.25) is 0 Å². The fraction of sp³-hybridized carbons (Fsp3) is 0.444. The van der Waals surface area contributed by atoms with E-state index < -0.39 is 11.6 Å². The van der Waals surface area contributed by atoms with Gasteiger partial charge in [0, 0.05) is 32.1 Å². The number of benzene rings is 1. The average molecular weight is 458 g/mol. The molecule has 1 fully saturated rings. The number of nitrogens with zero attached hydrogens (tertiary/aromatic N) is 1. The lowest BCUT2D eigenvalue weighted by Gasteiger charge is -2.20. The number of hydrogen-bond acceptors (Lipinski definition) is 3. The first-order valence-corrected chi connectivity index (χ1v) is 11.8. The lowest BCUT2D eigenvalue weighted by Crippen LogP contribution is -2.33. The summed E-state index contributed by atoms with van der Waals surface area (Å²) in [5.74, 6) is -0.0783. The van der Waals surface area contributed by atoms with E-state index in [1.54, 1.807) is 11.0 Å². The Morgan fingerprint density at radius 1 is 1.12 bits per heavy atom. The van der Waals surface area contributed by atoms with Crippen molar-refractivity contribution in [3.63, 3.8) is 0 Å². The van der Waals surface area contributed by atoms with Crippen LogP contribution in [0.5, 0.6) is 0 Å². The number of carbonyl (C=O) groups is 1. The maximum absolute atomic E-state index is 13.9. The van der Waals surface area contributed by atoms with E-state index in [4.69, 9.17) is 0 Å². The Morgan fingerprint density at radius 2 is 1.85 bits per heavy atom. The molecule has 3 rings (SSSR count). The first-order valence-electron chi connectivity index (χ1n) is 11.8. The molecule has 180 valence electrons. The van der Waals surface area contributed by atoms with E-state index in [1.165, 1.54) is 26.3 Å². The first-order chi connectivity index (χ1) is 16.0. The van der Waals surface area contributed by atoms with Gasteiger partial charge in [-0.2, -0.15) is 0 Å². The summed E-state index contributed by atoms with van der Waals surface area (Å²) in [6.07, 6.45) is 15.9. The zero-order valence-electron chi connectivity index (χ0n) is 20.0. The van der Waals surface area contributed by atoms with Crippen molar-refractivity contribution < 1.29 is 13.6 Å². The van der Waals surface area contributed by atoms with E-state index in [9.17, 15) is 13.6 Å². The van der Waals surface area contributed by atoms with Crippen LogP contribution in [-0.4, -0.2) is 49.6 Å². The predicted octanol–water partition coefficient (Wildman–Crippen LogP) is 4.86. The van der Waals surface area contributed by atoms with Gasteiger partial charge in [0.2, 0.25) is 5.91 Å². The monoisotopic (exact) mass is 457 g/mol. The molecule has 6 heteroatoms. The quantitative estimate of drug-likeness (QED) is 0.389. The van der Waals surface area contributed by atoms with Crippen molar-refractivity contribution in [3.8, 4) is 0 Å². The summed E-state index contributed by atoms with van der Waals surface area (Å²) in [5, 5.41) is 6.70. The molecule has 0 radical (unpaired) electrons. The molecule has 0 spiro atoms. The maximum atomic E-state index is 13.9. The highest BCUT2D eigenvalue weighted by Crippen LogP contribution is 2.28. The average Bonchev–Trinajstić information content (AvgIpc) is 3.52. The van der Waals surface area contributed by atoms with Crippen LogP contribution in [0.1, 0.15) is 39.2 Å². The third-order valence-corrected chi connectivity index (χ3v) is 5.44. The molecule has 0 aromatic heterocycles. The van der Waals surface area contributed by atoms with Crippen LogP contribution in [0.25, 0.3) is 5.57 Å². The number of likely N-dealkylation sites (N-methyl/N-ethyl adjacent to an activating group) is 1. The van der Waals surface area contributed by atoms with Crippen molar-refractivity contribution in [3.05, 3.63) is 77.9 Å². The zero-order valence-corrected chi connectivity index (χ0v) is 20.0. The van der Waals surface area contributed by atoms with Crippen molar-refractivity contribution in [2.24, 2.45) is 5.92 Å². The topological polar surface area (TPSA) is 44.4 Å². The van der Waals surface area contributed by atoms with Gasteiger partial charge >= 0.3 is 0 Å². The molecule has 4 nitrogen and oxygen atoms in total. The number of carbonyl (C=O) groups excluding carboxylic acids is 1. The van der Waals surface area contributed by atoms with Crippen LogP contribution in [0, 0.1) is 17.6 Å². The Balaban J connectivity index is 0.000000321. The second-order valence-electron chi connectivity index (χ2n) is 8.25. The van der Waals surface area contributed by atoms with Crippen LogP contribution in [0.3, 0.4) is 0 Å². The summed E-state index contributed by atoms with van der Waals surface area (Å²) in [6.45, 7) is 10.4. The minimum atomic E-state index is -0.495. The molecular weight excluding hydrogens is 420 g/mol. The first kappa shape index (κ1) is 26.7. The molecule has 33 heavy (non-hydrogen) atoms. The van der Waals surface area contributed by atoms with Crippen molar-refractivity contribution in [2.45, 2.75) is 39.7 Å². The van der Waals surface area contributed by atoms with Gasteiger partial charge in [0.1, 0.15) is 11.6 Å². The predicted molar refractivity (Wildman–Crippen MR) is 133 cm³/mol. The minimum Gasteiger partial charge on any atom is -0.329 e. The summed E-state index contributed by atoms with van der Waals surface area (Å²) in [7, 11) is 0. The molecule has 1 heterocycles. The number of rotatable bonds is 10. The van der Waals surface area contributed by atoms with Crippen LogP contribution in [0.15, 0.2) is 60.7 Å². The van der Waals surface area contributed by atoms with E-state index in [-0.39, 0.29) is 24.1 Å². The molecule has 1 amide bonds. The second-order valence-corrected chi connectivity index (χ2v) is 8.25. The molecular formula is C27H37F2N3O. The van der Waals surface area contributed by atoms with Gasteiger partial charge in [-0.05, 0) is 62.5 Å². The molecule has 2 aliphatic rings. The number of amides is 1. The molecule has 1 aliphatic heterocycles. The lowest BCUT2D eigenvalue weighted by atomic mass is 10.1. The van der Waals surface area contributed by atoms with Gasteiger partial charge in [0.05, 0.1) is 6.04 Å². The van der Waals surface area contributed by atoms with Crippen LogP contribution in [-0.2, 0) is 4.79 Å². The molecule has 1 atom stereocenters. The SMILES string of the molecule is CCNCCNCC1CC1.C\C=C/C=C\C=C\[C@@H]1C=C(c2cc(F)ccc2F)CN1C(C)=O. The van der Waals surface area contributed by atoms with Crippen molar-refractivity contribution in [1.29, 1.82) is 0 Å². The number of nitrogens with one attached hydrogen (secondary N) is 2. The Morgan fingerprint density at radius 3 is 2.52 bits per heavy atom. The van der Waals surface area contributed by atoms with E-state index in [2.05, 4.69) is 17.6 Å². The van der Waals surface area contributed by atoms with Gasteiger partial charge in [0.25, 0.3) is 0 Å². The fourth-order valence-electron chi connectivity index (χ4n) is 3.44. The highest BCUT2D eigenvalue weighted by Gasteiger charge is 2.27. The van der Waals surface area contributed by atoms with Crippen LogP contribution in [0.4, 0.5) is 8.78 Å². The molecule has 1 saturated carbocycles. The van der Waals surface area contributed by atoms with Gasteiger partial charge in [0.15, 0.2) is 0 Å². The largest absolute Gasteiger partial charge is 0.329 e. The summed E-state index contributed by atoms with van der Waals surface area (Å²) in [5.41, 5.74) is 0.820. The molecule has 1 aromatic rings. The van der Waals surface area contributed by atoms with E-state index in [1.807, 2.05) is 43.4 Å². The number of hydrogen-bond donors (Lipinski definition) is 2. The standard InChI is InChI=1S/C19H19F2NO.C8H18N2/c1-3-4-5-6-7-8-17-11-15(13-22(17)14(2)23)18-12-16(20)9-10-19(18)21;1-2-9-5-6-10-7-8-3-4-8/h3-12,17H,13H2,1-2H3;8-10H,2-7H2,1H3/b4-3-,6-5-,8-7+;/t17-;/m1./s1. The zero-order chi connectivity index (χ0) is 24.1. The van der Waals surface area contributed by atoms with Gasteiger partial charge in [-0.1, -0.05) is 49.5 Å². The Bertz CT molecular complexity index is 872. The Hall–Kier alpha value is -2.57. The third kappa shape index (κ3) is 9.84. The van der Waals surface area contributed by atoms with E-state index >= 15 is 0 Å². The number of allylic oxidation sites excluding steroid dienone is 5. The lowest BCUT2D eigenvalue weighted by molar-refractivity contribution is -0.128.